The van der Waals surface area contributed by atoms with E-state index in [-0.39, 0.29) is 11.9 Å². The minimum Gasteiger partial charge on any atom is -0.466 e. The number of allylic oxidation sites excluding steroid dienone is 8. The molecule has 0 bridgehead atoms. The zero-order valence-corrected chi connectivity index (χ0v) is 28.3. The first kappa shape index (κ1) is 38.5. The molecule has 1 fully saturated rings. The molecule has 0 amide bonds. The van der Waals surface area contributed by atoms with E-state index in [9.17, 15) is 4.79 Å². The van der Waals surface area contributed by atoms with Gasteiger partial charge in [0.05, 0.1) is 12.5 Å². The highest BCUT2D eigenvalue weighted by Crippen LogP contribution is 2.53. The second kappa shape index (κ2) is 29.5. The van der Waals surface area contributed by atoms with E-state index in [1.807, 2.05) is 6.92 Å². The van der Waals surface area contributed by atoms with Crippen molar-refractivity contribution in [1.82, 2.24) is 0 Å². The number of esters is 1. The Morgan fingerprint density at radius 3 is 1.21 bits per heavy atom. The third-order valence-corrected chi connectivity index (χ3v) is 8.87. The summed E-state index contributed by atoms with van der Waals surface area (Å²) in [4.78, 5) is 12.5. The zero-order chi connectivity index (χ0) is 30.4. The first-order chi connectivity index (χ1) is 20.8. The summed E-state index contributed by atoms with van der Waals surface area (Å²) in [5.74, 6) is 1.46. The SMILES string of the molecule is CCCCC/C=C\C/C=C\CCCCCCCC1C(CCCCCCC/C=C\C/C=C\CCCCC)C1C(=O)OCC. The van der Waals surface area contributed by atoms with Gasteiger partial charge < -0.3 is 4.74 Å². The van der Waals surface area contributed by atoms with Crippen LogP contribution >= 0.6 is 0 Å². The summed E-state index contributed by atoms with van der Waals surface area (Å²) in [5, 5.41) is 0. The Hall–Kier alpha value is -1.57. The van der Waals surface area contributed by atoms with Gasteiger partial charge in [-0.05, 0) is 95.8 Å². The lowest BCUT2D eigenvalue weighted by Crippen LogP contribution is -2.08. The van der Waals surface area contributed by atoms with Gasteiger partial charge in [-0.15, -0.1) is 0 Å². The number of rotatable bonds is 30. The van der Waals surface area contributed by atoms with Gasteiger partial charge >= 0.3 is 5.97 Å². The Balaban J connectivity index is 2.05. The van der Waals surface area contributed by atoms with Crippen molar-refractivity contribution in [2.24, 2.45) is 17.8 Å². The van der Waals surface area contributed by atoms with Gasteiger partial charge in [0.1, 0.15) is 0 Å². The molecule has 42 heavy (non-hydrogen) atoms. The van der Waals surface area contributed by atoms with E-state index in [0.717, 1.165) is 12.8 Å². The summed E-state index contributed by atoms with van der Waals surface area (Å²) >= 11 is 0. The van der Waals surface area contributed by atoms with Crippen molar-refractivity contribution in [1.29, 1.82) is 0 Å². The molecule has 242 valence electrons. The Bertz CT molecular complexity index is 663. The molecule has 1 aliphatic carbocycles. The fraction of sp³-hybridized carbons (Fsp3) is 0.775. The highest BCUT2D eigenvalue weighted by molar-refractivity contribution is 5.76. The third-order valence-electron chi connectivity index (χ3n) is 8.87. The van der Waals surface area contributed by atoms with Crippen LogP contribution in [0.3, 0.4) is 0 Å². The summed E-state index contributed by atoms with van der Waals surface area (Å²) in [7, 11) is 0. The molecule has 2 unspecified atom stereocenters. The molecular weight excluding hydrogens is 512 g/mol. The molecule has 2 heteroatoms. The second-order valence-corrected chi connectivity index (χ2v) is 12.6. The number of carbonyl (C=O) groups is 1. The fourth-order valence-electron chi connectivity index (χ4n) is 6.20. The van der Waals surface area contributed by atoms with Crippen molar-refractivity contribution in [2.45, 2.75) is 175 Å². The van der Waals surface area contributed by atoms with Crippen LogP contribution in [0.1, 0.15) is 175 Å². The quantitative estimate of drug-likeness (QED) is 0.0478. The lowest BCUT2D eigenvalue weighted by atomic mass is 10.0. The standard InChI is InChI=1S/C40H70O2/c1-4-7-9-11-13-15-17-19-21-23-25-27-29-31-33-35-37-38(39(37)40(41)42-6-3)36-34-32-30-28-26-24-22-20-18-16-14-12-10-8-5-2/h13-16,19-22,37-39H,4-12,17-18,23-36H2,1-3H3/b15-13-,16-14-,21-19-,22-20-. The smallest absolute Gasteiger partial charge is 0.309 e. The highest BCUT2D eigenvalue weighted by atomic mass is 16.5. The van der Waals surface area contributed by atoms with Gasteiger partial charge in [-0.3, -0.25) is 4.79 Å². The first-order valence-corrected chi connectivity index (χ1v) is 18.5. The van der Waals surface area contributed by atoms with Gasteiger partial charge in [0.25, 0.3) is 0 Å². The van der Waals surface area contributed by atoms with Gasteiger partial charge in [-0.25, -0.2) is 0 Å². The van der Waals surface area contributed by atoms with E-state index >= 15 is 0 Å². The molecule has 1 aliphatic rings. The van der Waals surface area contributed by atoms with Gasteiger partial charge in [0, 0.05) is 0 Å². The van der Waals surface area contributed by atoms with Crippen LogP contribution in [0.25, 0.3) is 0 Å². The maximum atomic E-state index is 12.5. The minimum absolute atomic E-state index is 0.0812. The minimum atomic E-state index is 0.0812. The second-order valence-electron chi connectivity index (χ2n) is 12.6. The van der Waals surface area contributed by atoms with Gasteiger partial charge in [0.2, 0.25) is 0 Å². The van der Waals surface area contributed by atoms with Crippen LogP contribution in [0.2, 0.25) is 0 Å². The molecular formula is C40H70O2. The van der Waals surface area contributed by atoms with E-state index in [1.54, 1.807) is 0 Å². The van der Waals surface area contributed by atoms with Gasteiger partial charge in [0.15, 0.2) is 0 Å². The van der Waals surface area contributed by atoms with Crippen molar-refractivity contribution in [3.63, 3.8) is 0 Å². The van der Waals surface area contributed by atoms with Crippen LogP contribution in [0.5, 0.6) is 0 Å². The summed E-state index contributed by atoms with van der Waals surface area (Å²) < 4.78 is 5.42. The molecule has 0 spiro atoms. The molecule has 0 N–H and O–H groups in total. The van der Waals surface area contributed by atoms with Crippen LogP contribution in [0, 0.1) is 17.8 Å². The van der Waals surface area contributed by atoms with Crippen LogP contribution in [-0.4, -0.2) is 12.6 Å². The third kappa shape index (κ3) is 22.0. The average molecular weight is 583 g/mol. The van der Waals surface area contributed by atoms with Crippen molar-refractivity contribution >= 4 is 5.97 Å². The zero-order valence-electron chi connectivity index (χ0n) is 28.3. The van der Waals surface area contributed by atoms with Crippen molar-refractivity contribution < 1.29 is 9.53 Å². The van der Waals surface area contributed by atoms with Crippen LogP contribution in [-0.2, 0) is 9.53 Å². The fourth-order valence-corrected chi connectivity index (χ4v) is 6.20. The lowest BCUT2D eigenvalue weighted by Gasteiger charge is -2.02. The van der Waals surface area contributed by atoms with Gasteiger partial charge in [-0.2, -0.15) is 0 Å². The summed E-state index contributed by atoms with van der Waals surface area (Å²) in [6.07, 6.45) is 49.3. The number of carbonyl (C=O) groups excluding carboxylic acids is 1. The van der Waals surface area contributed by atoms with E-state index in [0.29, 0.717) is 18.4 Å². The Morgan fingerprint density at radius 2 is 0.833 bits per heavy atom. The van der Waals surface area contributed by atoms with E-state index in [4.69, 9.17) is 4.74 Å². The number of hydrogen-bond donors (Lipinski definition) is 0. The first-order valence-electron chi connectivity index (χ1n) is 18.5. The molecule has 2 atom stereocenters. The highest BCUT2D eigenvalue weighted by Gasteiger charge is 2.53. The Morgan fingerprint density at radius 1 is 0.476 bits per heavy atom. The molecule has 0 radical (unpaired) electrons. The maximum Gasteiger partial charge on any atom is 0.309 e. The van der Waals surface area contributed by atoms with Gasteiger partial charge in [-0.1, -0.05) is 140 Å². The average Bonchev–Trinajstić information content (AvgIpc) is 3.69. The summed E-state index contributed by atoms with van der Waals surface area (Å²) in [6, 6.07) is 0. The van der Waals surface area contributed by atoms with E-state index in [1.165, 1.54) is 141 Å². The summed E-state index contributed by atoms with van der Waals surface area (Å²) in [5.41, 5.74) is 0. The number of ether oxygens (including phenoxy) is 1. The van der Waals surface area contributed by atoms with Crippen molar-refractivity contribution in [3.05, 3.63) is 48.6 Å². The topological polar surface area (TPSA) is 26.3 Å². The number of unbranched alkanes of at least 4 members (excludes halogenated alkanes) is 16. The normalized spacial score (nSPS) is 18.8. The van der Waals surface area contributed by atoms with Crippen molar-refractivity contribution in [2.75, 3.05) is 6.61 Å². The molecule has 2 nitrogen and oxygen atoms in total. The van der Waals surface area contributed by atoms with Crippen LogP contribution in [0.15, 0.2) is 48.6 Å². The molecule has 0 aromatic heterocycles. The molecule has 1 saturated carbocycles. The van der Waals surface area contributed by atoms with E-state index < -0.39 is 0 Å². The monoisotopic (exact) mass is 583 g/mol. The van der Waals surface area contributed by atoms with Crippen molar-refractivity contribution in [3.8, 4) is 0 Å². The largest absolute Gasteiger partial charge is 0.466 e. The summed E-state index contributed by atoms with van der Waals surface area (Å²) in [6.45, 7) is 6.97. The molecule has 0 aliphatic heterocycles. The van der Waals surface area contributed by atoms with E-state index in [2.05, 4.69) is 62.5 Å². The Kier molecular flexibility index (Phi) is 27.0. The maximum absolute atomic E-state index is 12.5. The molecule has 0 saturated heterocycles. The molecule has 0 aromatic rings. The Labute approximate surface area is 262 Å². The van der Waals surface area contributed by atoms with Crippen LogP contribution < -0.4 is 0 Å². The lowest BCUT2D eigenvalue weighted by molar-refractivity contribution is -0.145. The predicted octanol–water partition coefficient (Wildman–Crippen LogP) is 13.0. The van der Waals surface area contributed by atoms with Crippen LogP contribution in [0.4, 0.5) is 0 Å². The predicted molar refractivity (Wildman–Crippen MR) is 186 cm³/mol. The molecule has 0 heterocycles. The molecule has 1 rings (SSSR count). The molecule has 0 aromatic carbocycles. The number of hydrogen-bond acceptors (Lipinski definition) is 2.